The van der Waals surface area contributed by atoms with E-state index in [0.29, 0.717) is 6.16 Å². The van der Waals surface area contributed by atoms with Crippen LogP contribution >= 0.6 is 64.0 Å². The Labute approximate surface area is 122 Å². The number of nitrogens with zero attached hydrogens (tertiary/aromatic N) is 3. The molecule has 0 radical (unpaired) electrons. The summed E-state index contributed by atoms with van der Waals surface area (Å²) in [4.78, 5) is 0. The molecule has 1 unspecified atom stereocenters. The molecular formula is C7H14Cl4N3P3. The summed E-state index contributed by atoms with van der Waals surface area (Å²) < 4.78 is 12.9. The summed E-state index contributed by atoms with van der Waals surface area (Å²) >= 11 is 24.4. The topological polar surface area (TPSA) is 37.1 Å². The van der Waals surface area contributed by atoms with Crippen molar-refractivity contribution in [3.63, 3.8) is 0 Å². The molecule has 1 aliphatic heterocycles. The molecule has 10 heteroatoms. The van der Waals surface area contributed by atoms with Gasteiger partial charge in [0.1, 0.15) is 0 Å². The van der Waals surface area contributed by atoms with Gasteiger partial charge in [-0.1, -0.05) is 19.4 Å². The Bertz CT molecular complexity index is 453. The smallest absolute Gasteiger partial charge is 0.213 e. The number of hydrogen-bond donors (Lipinski definition) is 0. The van der Waals surface area contributed by atoms with Crippen LogP contribution in [0.1, 0.15) is 19.8 Å². The van der Waals surface area contributed by atoms with Gasteiger partial charge in [-0.05, 0) is 51.4 Å². The van der Waals surface area contributed by atoms with Crippen molar-refractivity contribution in [2.24, 2.45) is 13.5 Å². The largest absolute Gasteiger partial charge is 0.255 e. The van der Waals surface area contributed by atoms with E-state index in [0.717, 1.165) is 19.0 Å². The van der Waals surface area contributed by atoms with Crippen molar-refractivity contribution in [2.45, 2.75) is 19.8 Å². The quantitative estimate of drug-likeness (QED) is 0.346. The molecule has 0 aliphatic carbocycles. The number of allylic oxidation sites excluding steroid dienone is 1. The molecule has 0 saturated heterocycles. The van der Waals surface area contributed by atoms with Gasteiger partial charge in [-0.25, -0.2) is 9.03 Å². The third-order valence-electron chi connectivity index (χ3n) is 2.05. The Morgan fingerprint density at radius 2 is 1.65 bits per heavy atom. The summed E-state index contributed by atoms with van der Waals surface area (Å²) in [5.74, 6) is -5.52. The van der Waals surface area contributed by atoms with Crippen LogP contribution in [-0.4, -0.2) is 12.3 Å². The van der Waals surface area contributed by atoms with Gasteiger partial charge in [-0.15, -0.1) is 6.58 Å². The lowest BCUT2D eigenvalue weighted by atomic mass is 10.4. The van der Waals surface area contributed by atoms with Crippen LogP contribution in [0.5, 0.6) is 0 Å². The van der Waals surface area contributed by atoms with Crippen molar-refractivity contribution in [1.29, 1.82) is 0 Å². The Balaban J connectivity index is 3.32. The van der Waals surface area contributed by atoms with E-state index in [1.165, 1.54) is 0 Å². The zero-order valence-electron chi connectivity index (χ0n) is 9.31. The Morgan fingerprint density at radius 1 is 1.06 bits per heavy atom. The first-order valence-corrected chi connectivity index (χ1v) is 14.1. The van der Waals surface area contributed by atoms with Gasteiger partial charge in [-0.3, -0.25) is 0 Å². The fourth-order valence-corrected chi connectivity index (χ4v) is 19.1. The molecule has 0 aromatic heterocycles. The summed E-state index contributed by atoms with van der Waals surface area (Å²) in [6.45, 7) is 5.84. The van der Waals surface area contributed by atoms with Crippen LogP contribution in [0.3, 0.4) is 0 Å². The molecule has 0 aromatic rings. The molecule has 1 aliphatic rings. The van der Waals surface area contributed by atoms with Crippen LogP contribution < -0.4 is 0 Å². The lowest BCUT2D eigenvalue weighted by Gasteiger charge is -2.26. The number of halogens is 4. The van der Waals surface area contributed by atoms with E-state index >= 15 is 0 Å². The third-order valence-corrected chi connectivity index (χ3v) is 14.9. The maximum atomic E-state index is 6.09. The predicted octanol–water partition coefficient (Wildman–Crippen LogP) is 7.95. The molecule has 0 bridgehead atoms. The van der Waals surface area contributed by atoms with E-state index in [2.05, 4.69) is 27.0 Å². The van der Waals surface area contributed by atoms with Crippen molar-refractivity contribution >= 4 is 64.0 Å². The van der Waals surface area contributed by atoms with E-state index in [9.17, 15) is 0 Å². The van der Waals surface area contributed by atoms with Gasteiger partial charge >= 0.3 is 0 Å². The fraction of sp³-hybridized carbons (Fsp3) is 0.714. The van der Waals surface area contributed by atoms with Gasteiger partial charge in [0, 0.05) is 12.3 Å². The first-order valence-electron chi connectivity index (χ1n) is 5.03. The van der Waals surface area contributed by atoms with Crippen molar-refractivity contribution < 1.29 is 0 Å². The highest BCUT2D eigenvalue weighted by molar-refractivity contribution is 8.21. The molecule has 1 atom stereocenters. The molecule has 17 heavy (non-hydrogen) atoms. The summed E-state index contributed by atoms with van der Waals surface area (Å²) in [5, 5.41) is 0. The average Bonchev–Trinajstić information content (AvgIpc) is 2.10. The number of hydrogen-bond acceptors (Lipinski definition) is 3. The first-order chi connectivity index (χ1) is 7.74. The molecular weight excluding hydrogens is 361 g/mol. The molecule has 100 valence electrons. The minimum Gasteiger partial charge on any atom is -0.213 e. The molecule has 0 saturated carbocycles. The SMILES string of the molecule is C=CCP1(CCCC)=NP(Cl)(Cl)=NP(Cl)(Cl)=N1. The van der Waals surface area contributed by atoms with E-state index < -0.39 is 19.0 Å². The average molecular weight is 375 g/mol. The van der Waals surface area contributed by atoms with Gasteiger partial charge in [0.05, 0.1) is 7.21 Å². The molecule has 3 nitrogen and oxygen atoms in total. The van der Waals surface area contributed by atoms with Crippen molar-refractivity contribution in [2.75, 3.05) is 12.3 Å². The van der Waals surface area contributed by atoms with Gasteiger partial charge in [-0.2, -0.15) is 4.52 Å². The minimum absolute atomic E-state index is 0.644. The highest BCUT2D eigenvalue weighted by Crippen LogP contribution is 2.85. The highest BCUT2D eigenvalue weighted by atomic mass is 35.9. The minimum atomic E-state index is -2.76. The van der Waals surface area contributed by atoms with E-state index in [4.69, 9.17) is 45.0 Å². The maximum absolute atomic E-state index is 6.09. The fourth-order valence-electron chi connectivity index (χ4n) is 1.46. The predicted molar refractivity (Wildman–Crippen MR) is 86.3 cm³/mol. The van der Waals surface area contributed by atoms with Crippen molar-refractivity contribution in [3.8, 4) is 0 Å². The molecule has 1 rings (SSSR count). The highest BCUT2D eigenvalue weighted by Gasteiger charge is 2.31. The molecule has 0 fully saturated rings. The molecule has 0 spiro atoms. The van der Waals surface area contributed by atoms with Crippen LogP contribution in [0.2, 0.25) is 0 Å². The summed E-state index contributed by atoms with van der Waals surface area (Å²) in [6.07, 6.45) is 5.30. The number of unbranched alkanes of at least 4 members (excludes halogenated alkanes) is 1. The van der Waals surface area contributed by atoms with Gasteiger partial charge in [0.15, 0.2) is 0 Å². The molecule has 0 N–H and O–H groups in total. The first kappa shape index (κ1) is 16.6. The number of rotatable bonds is 5. The standard InChI is InChI=1S/C7H14Cl4N3P3/c1-3-5-7-15(6-4-2)12-16(8,9)14-17(10,11)13-15/h4H,2-3,5-7H2,1H3. The Hall–Kier alpha value is 1.59. The molecule has 1 heterocycles. The lowest BCUT2D eigenvalue weighted by Crippen LogP contribution is -1.92. The van der Waals surface area contributed by atoms with Crippen LogP contribution in [0.4, 0.5) is 0 Å². The van der Waals surface area contributed by atoms with E-state index in [1.807, 2.05) is 0 Å². The van der Waals surface area contributed by atoms with Crippen LogP contribution in [-0.2, 0) is 0 Å². The second kappa shape index (κ2) is 6.36. The van der Waals surface area contributed by atoms with Crippen LogP contribution in [0.25, 0.3) is 0 Å². The second-order valence-corrected chi connectivity index (χ2v) is 16.8. The van der Waals surface area contributed by atoms with Crippen molar-refractivity contribution in [3.05, 3.63) is 12.7 Å². The zero-order chi connectivity index (χ0) is 13.2. The van der Waals surface area contributed by atoms with E-state index in [1.54, 1.807) is 6.08 Å². The lowest BCUT2D eigenvalue weighted by molar-refractivity contribution is 0.888. The normalized spacial score (nSPS) is 29.7. The maximum Gasteiger partial charge on any atom is 0.255 e. The third kappa shape index (κ3) is 5.23. The summed E-state index contributed by atoms with van der Waals surface area (Å²) in [5.41, 5.74) is 0. The second-order valence-electron chi connectivity index (χ2n) is 3.61. The Kier molecular flexibility index (Phi) is 6.23. The molecule has 0 amide bonds. The van der Waals surface area contributed by atoms with Gasteiger partial charge < -0.3 is 0 Å². The summed E-state index contributed by atoms with van der Waals surface area (Å²) in [6, 6.07) is 0. The monoisotopic (exact) mass is 373 g/mol. The van der Waals surface area contributed by atoms with Crippen LogP contribution in [0, 0.1) is 0 Å². The van der Waals surface area contributed by atoms with Crippen LogP contribution in [0.15, 0.2) is 26.2 Å². The molecule has 0 aromatic carbocycles. The van der Waals surface area contributed by atoms with E-state index in [-0.39, 0.29) is 0 Å². The van der Waals surface area contributed by atoms with Crippen molar-refractivity contribution in [1.82, 2.24) is 0 Å². The van der Waals surface area contributed by atoms with Gasteiger partial charge in [0.2, 0.25) is 0 Å². The van der Waals surface area contributed by atoms with Gasteiger partial charge in [0.25, 0.3) is 11.8 Å². The Morgan fingerprint density at radius 3 is 2.12 bits per heavy atom. The summed E-state index contributed by atoms with van der Waals surface area (Å²) in [7, 11) is -2.04. The zero-order valence-corrected chi connectivity index (χ0v) is 15.0.